The van der Waals surface area contributed by atoms with E-state index in [0.717, 1.165) is 0 Å². The van der Waals surface area contributed by atoms with Crippen molar-refractivity contribution < 1.29 is 4.79 Å². The summed E-state index contributed by atoms with van der Waals surface area (Å²) in [7, 11) is 0. The molecule has 0 radical (unpaired) electrons. The molecule has 4 nitrogen and oxygen atoms in total. The number of alkyl halides is 1. The lowest BCUT2D eigenvalue weighted by Crippen LogP contribution is -2.29. The van der Waals surface area contributed by atoms with Crippen LogP contribution in [-0.4, -0.2) is 23.4 Å². The summed E-state index contributed by atoms with van der Waals surface area (Å²) in [5, 5.41) is 5.72. The van der Waals surface area contributed by atoms with Gasteiger partial charge in [0, 0.05) is 24.5 Å². The normalized spacial score (nSPS) is 12.4. The first kappa shape index (κ1) is 18.4. The topological polar surface area (TPSA) is 67.2 Å². The van der Waals surface area contributed by atoms with E-state index in [1.165, 1.54) is 0 Å². The van der Waals surface area contributed by atoms with Crippen LogP contribution < -0.4 is 16.4 Å². The SMILES string of the molecule is C/C=C\C=C/CC(=O)NC/C=C(\C=C/CCl)NC(N)=S. The maximum absolute atomic E-state index is 11.5. The zero-order valence-electron chi connectivity index (χ0n) is 11.4. The highest BCUT2D eigenvalue weighted by molar-refractivity contribution is 7.80. The Hall–Kier alpha value is -1.59. The maximum atomic E-state index is 11.5. The molecule has 0 atom stereocenters. The Labute approximate surface area is 130 Å². The first-order valence-electron chi connectivity index (χ1n) is 6.13. The average molecular weight is 314 g/mol. The largest absolute Gasteiger partial charge is 0.376 e. The van der Waals surface area contributed by atoms with Gasteiger partial charge in [0.2, 0.25) is 5.91 Å². The molecule has 0 fully saturated rings. The van der Waals surface area contributed by atoms with E-state index < -0.39 is 0 Å². The van der Waals surface area contributed by atoms with Crippen molar-refractivity contribution in [3.8, 4) is 0 Å². The molecule has 20 heavy (non-hydrogen) atoms. The molecule has 0 aromatic rings. The van der Waals surface area contributed by atoms with Crippen molar-refractivity contribution in [2.24, 2.45) is 5.73 Å². The second kappa shape index (κ2) is 12.4. The lowest BCUT2D eigenvalue weighted by atomic mass is 10.3. The fourth-order valence-electron chi connectivity index (χ4n) is 1.19. The summed E-state index contributed by atoms with van der Waals surface area (Å²) in [6.07, 6.45) is 13.0. The minimum absolute atomic E-state index is 0.0574. The molecule has 0 heterocycles. The summed E-state index contributed by atoms with van der Waals surface area (Å²) in [4.78, 5) is 11.5. The monoisotopic (exact) mass is 313 g/mol. The van der Waals surface area contributed by atoms with Gasteiger partial charge in [-0.05, 0) is 31.3 Å². The molecule has 0 aliphatic carbocycles. The van der Waals surface area contributed by atoms with Crippen molar-refractivity contribution in [3.05, 3.63) is 48.2 Å². The minimum Gasteiger partial charge on any atom is -0.376 e. The number of nitrogens with two attached hydrogens (primary N) is 1. The van der Waals surface area contributed by atoms with Gasteiger partial charge < -0.3 is 16.4 Å². The van der Waals surface area contributed by atoms with Crippen LogP contribution in [0, 0.1) is 0 Å². The molecule has 0 unspecified atom stereocenters. The first-order chi connectivity index (χ1) is 9.60. The van der Waals surface area contributed by atoms with Gasteiger partial charge in [-0.15, -0.1) is 11.6 Å². The maximum Gasteiger partial charge on any atom is 0.224 e. The minimum atomic E-state index is -0.0574. The van der Waals surface area contributed by atoms with Crippen molar-refractivity contribution in [3.63, 3.8) is 0 Å². The molecule has 1 amide bonds. The van der Waals surface area contributed by atoms with E-state index in [9.17, 15) is 4.79 Å². The van der Waals surface area contributed by atoms with Gasteiger partial charge in [0.05, 0.1) is 0 Å². The van der Waals surface area contributed by atoms with Crippen LogP contribution in [0.1, 0.15) is 13.3 Å². The first-order valence-corrected chi connectivity index (χ1v) is 7.08. The third kappa shape index (κ3) is 11.5. The predicted molar refractivity (Wildman–Crippen MR) is 89.4 cm³/mol. The second-order valence-corrected chi connectivity index (χ2v) is 4.42. The van der Waals surface area contributed by atoms with Crippen molar-refractivity contribution in [1.29, 1.82) is 0 Å². The van der Waals surface area contributed by atoms with Crippen molar-refractivity contribution in [2.75, 3.05) is 12.4 Å². The Bertz CT molecular complexity index is 428. The smallest absolute Gasteiger partial charge is 0.224 e. The molecule has 110 valence electrons. The van der Waals surface area contributed by atoms with Gasteiger partial charge in [-0.1, -0.05) is 30.4 Å². The number of rotatable bonds is 8. The molecule has 0 aliphatic rings. The number of carbonyl (C=O) groups is 1. The van der Waals surface area contributed by atoms with Crippen LogP contribution in [-0.2, 0) is 4.79 Å². The van der Waals surface area contributed by atoms with Gasteiger partial charge >= 0.3 is 0 Å². The van der Waals surface area contributed by atoms with Crippen LogP contribution >= 0.6 is 23.8 Å². The summed E-state index contributed by atoms with van der Waals surface area (Å²) in [6, 6.07) is 0. The molecule has 4 N–H and O–H groups in total. The summed E-state index contributed by atoms with van der Waals surface area (Å²) in [5.41, 5.74) is 6.10. The van der Waals surface area contributed by atoms with Gasteiger partial charge in [-0.3, -0.25) is 4.79 Å². The molecule has 0 aliphatic heterocycles. The highest BCUT2D eigenvalue weighted by Gasteiger charge is 1.97. The Morgan fingerprint density at radius 1 is 1.35 bits per heavy atom. The Morgan fingerprint density at radius 3 is 2.70 bits per heavy atom. The number of allylic oxidation sites excluding steroid dienone is 5. The summed E-state index contributed by atoms with van der Waals surface area (Å²) in [6.45, 7) is 2.30. The third-order valence-electron chi connectivity index (χ3n) is 2.02. The van der Waals surface area contributed by atoms with Crippen LogP contribution in [0.15, 0.2) is 48.2 Å². The lowest BCUT2D eigenvalue weighted by molar-refractivity contribution is -0.120. The Balaban J connectivity index is 4.24. The van der Waals surface area contributed by atoms with E-state index in [-0.39, 0.29) is 11.0 Å². The fourth-order valence-corrected chi connectivity index (χ4v) is 1.39. The quantitative estimate of drug-likeness (QED) is 0.365. The van der Waals surface area contributed by atoms with E-state index in [1.807, 2.05) is 25.2 Å². The van der Waals surface area contributed by atoms with E-state index in [1.54, 1.807) is 24.3 Å². The van der Waals surface area contributed by atoms with Crippen molar-refractivity contribution in [1.82, 2.24) is 10.6 Å². The zero-order valence-corrected chi connectivity index (χ0v) is 13.0. The van der Waals surface area contributed by atoms with Crippen LogP contribution in [0.4, 0.5) is 0 Å². The number of thiocarbonyl (C=S) groups is 1. The van der Waals surface area contributed by atoms with E-state index >= 15 is 0 Å². The number of hydrogen-bond acceptors (Lipinski definition) is 2. The molecule has 6 heteroatoms. The van der Waals surface area contributed by atoms with Gasteiger partial charge in [-0.2, -0.15) is 0 Å². The van der Waals surface area contributed by atoms with Crippen LogP contribution in [0.25, 0.3) is 0 Å². The standard InChI is InChI=1S/C14H20ClN3OS/c1-2-3-4-5-8-13(19)17-11-9-12(7-6-10-15)18-14(16)20/h2-7,9H,8,10-11H2,1H3,(H,17,19)(H3,16,18,20)/b3-2-,5-4-,7-6-,12-9+. The molecule has 0 rings (SSSR count). The lowest BCUT2D eigenvalue weighted by Gasteiger charge is -2.05. The van der Waals surface area contributed by atoms with Crippen LogP contribution in [0.2, 0.25) is 0 Å². The zero-order chi connectivity index (χ0) is 15.2. The van der Waals surface area contributed by atoms with Crippen LogP contribution in [0.3, 0.4) is 0 Å². The number of halogens is 1. The molecule has 0 aromatic heterocycles. The summed E-state index contributed by atoms with van der Waals surface area (Å²) in [5.74, 6) is 0.330. The number of amides is 1. The molecule has 0 aromatic carbocycles. The molecule has 0 saturated heterocycles. The van der Waals surface area contributed by atoms with Gasteiger partial charge in [0.15, 0.2) is 5.11 Å². The molecule has 0 saturated carbocycles. The molecular formula is C14H20ClN3OS. The third-order valence-corrected chi connectivity index (χ3v) is 2.30. The Morgan fingerprint density at radius 2 is 2.10 bits per heavy atom. The Kier molecular flexibility index (Phi) is 11.5. The number of hydrogen-bond donors (Lipinski definition) is 3. The van der Waals surface area contributed by atoms with E-state index in [2.05, 4.69) is 10.6 Å². The number of carbonyl (C=O) groups excluding carboxylic acids is 1. The molecule has 0 bridgehead atoms. The molecule has 0 spiro atoms. The highest BCUT2D eigenvalue weighted by atomic mass is 35.5. The van der Waals surface area contributed by atoms with E-state index in [0.29, 0.717) is 24.5 Å². The predicted octanol–water partition coefficient (Wildman–Crippen LogP) is 2.14. The summed E-state index contributed by atoms with van der Waals surface area (Å²) < 4.78 is 0. The number of nitrogens with one attached hydrogen (secondary N) is 2. The summed E-state index contributed by atoms with van der Waals surface area (Å²) >= 11 is 10.3. The fraction of sp³-hybridized carbons (Fsp3) is 0.286. The van der Waals surface area contributed by atoms with Gasteiger partial charge in [0.25, 0.3) is 0 Å². The van der Waals surface area contributed by atoms with Crippen LogP contribution in [0.5, 0.6) is 0 Å². The van der Waals surface area contributed by atoms with Crippen molar-refractivity contribution in [2.45, 2.75) is 13.3 Å². The molecular weight excluding hydrogens is 294 g/mol. The van der Waals surface area contributed by atoms with E-state index in [4.69, 9.17) is 29.6 Å². The average Bonchev–Trinajstić information content (AvgIpc) is 2.40. The van der Waals surface area contributed by atoms with Gasteiger partial charge in [0.1, 0.15) is 0 Å². The van der Waals surface area contributed by atoms with Crippen molar-refractivity contribution >= 4 is 34.8 Å². The second-order valence-electron chi connectivity index (χ2n) is 3.67. The highest BCUT2D eigenvalue weighted by Crippen LogP contribution is 1.93. The van der Waals surface area contributed by atoms with Gasteiger partial charge in [-0.25, -0.2) is 0 Å².